The lowest BCUT2D eigenvalue weighted by atomic mass is 10.1. The van der Waals surface area contributed by atoms with Gasteiger partial charge in [-0.25, -0.2) is 4.98 Å². The minimum atomic E-state index is -0.653. The molecule has 3 N–H and O–H groups in total. The average Bonchev–Trinajstić information content (AvgIpc) is 2.80. The number of rotatable bonds is 2. The van der Waals surface area contributed by atoms with Crippen molar-refractivity contribution in [3.8, 4) is 5.69 Å². The van der Waals surface area contributed by atoms with E-state index in [4.69, 9.17) is 5.73 Å². The standard InChI is InChI=1S/C17H19N3O/c1-10-4-6-14(8-11(10)2)20-16-7-5-13(18)9-15(16)19-17(20)12(3)21/h4-9,12,21H,18H2,1-3H3. The first kappa shape index (κ1) is 13.6. The minimum absolute atomic E-state index is 0.624. The third-order valence-corrected chi connectivity index (χ3v) is 3.83. The number of fused-ring (bicyclic) bond motifs is 1. The summed E-state index contributed by atoms with van der Waals surface area (Å²) in [4.78, 5) is 4.53. The molecule has 0 aliphatic heterocycles. The molecule has 0 saturated heterocycles. The van der Waals surface area contributed by atoms with Crippen LogP contribution in [0.4, 0.5) is 5.69 Å². The quantitative estimate of drug-likeness (QED) is 0.708. The molecule has 1 aromatic heterocycles. The number of aliphatic hydroxyl groups is 1. The molecule has 0 saturated carbocycles. The summed E-state index contributed by atoms with van der Waals surface area (Å²) < 4.78 is 1.99. The maximum absolute atomic E-state index is 10.0. The van der Waals surface area contributed by atoms with Crippen LogP contribution in [0.1, 0.15) is 30.0 Å². The van der Waals surface area contributed by atoms with E-state index in [1.165, 1.54) is 11.1 Å². The lowest BCUT2D eigenvalue weighted by Crippen LogP contribution is -2.05. The summed E-state index contributed by atoms with van der Waals surface area (Å²) in [5, 5.41) is 10.0. The maximum atomic E-state index is 10.0. The Morgan fingerprint density at radius 2 is 1.86 bits per heavy atom. The highest BCUT2D eigenvalue weighted by Gasteiger charge is 2.16. The predicted molar refractivity (Wildman–Crippen MR) is 85.6 cm³/mol. The molecule has 0 radical (unpaired) electrons. The van der Waals surface area contributed by atoms with E-state index >= 15 is 0 Å². The Morgan fingerprint density at radius 3 is 2.52 bits per heavy atom. The van der Waals surface area contributed by atoms with E-state index in [1.807, 2.05) is 28.8 Å². The predicted octanol–water partition coefficient (Wildman–Crippen LogP) is 3.28. The van der Waals surface area contributed by atoms with E-state index in [1.54, 1.807) is 6.92 Å². The first-order chi connectivity index (χ1) is 9.97. The second-order valence-electron chi connectivity index (χ2n) is 5.50. The Labute approximate surface area is 123 Å². The van der Waals surface area contributed by atoms with Crippen molar-refractivity contribution in [2.24, 2.45) is 0 Å². The number of hydrogen-bond donors (Lipinski definition) is 2. The zero-order chi connectivity index (χ0) is 15.1. The second kappa shape index (κ2) is 4.90. The highest BCUT2D eigenvalue weighted by atomic mass is 16.3. The maximum Gasteiger partial charge on any atom is 0.143 e. The molecule has 0 spiro atoms. The van der Waals surface area contributed by atoms with Crippen molar-refractivity contribution in [1.82, 2.24) is 9.55 Å². The summed E-state index contributed by atoms with van der Waals surface area (Å²) in [5.74, 6) is 0.624. The summed E-state index contributed by atoms with van der Waals surface area (Å²) in [6.45, 7) is 5.89. The fourth-order valence-electron chi connectivity index (χ4n) is 2.53. The third-order valence-electron chi connectivity index (χ3n) is 3.83. The van der Waals surface area contributed by atoms with Gasteiger partial charge in [-0.3, -0.25) is 4.57 Å². The summed E-state index contributed by atoms with van der Waals surface area (Å²) >= 11 is 0. The normalized spacial score (nSPS) is 12.8. The van der Waals surface area contributed by atoms with Crippen LogP contribution in [0.15, 0.2) is 36.4 Å². The SMILES string of the molecule is Cc1ccc(-n2c(C(C)O)nc3cc(N)ccc32)cc1C. The van der Waals surface area contributed by atoms with Gasteiger partial charge in [0.15, 0.2) is 0 Å². The minimum Gasteiger partial charge on any atom is -0.399 e. The Hall–Kier alpha value is -2.33. The van der Waals surface area contributed by atoms with Crippen molar-refractivity contribution in [3.63, 3.8) is 0 Å². The van der Waals surface area contributed by atoms with Gasteiger partial charge in [0.2, 0.25) is 0 Å². The molecule has 4 heteroatoms. The van der Waals surface area contributed by atoms with Crippen molar-refractivity contribution >= 4 is 16.7 Å². The topological polar surface area (TPSA) is 64.1 Å². The molecule has 0 aliphatic carbocycles. The fraction of sp³-hybridized carbons (Fsp3) is 0.235. The number of anilines is 1. The summed E-state index contributed by atoms with van der Waals surface area (Å²) in [7, 11) is 0. The Bertz CT molecular complexity index is 818. The van der Waals surface area contributed by atoms with E-state index in [9.17, 15) is 5.11 Å². The van der Waals surface area contributed by atoms with Gasteiger partial charge in [0.05, 0.1) is 11.0 Å². The molecular formula is C17H19N3O. The van der Waals surface area contributed by atoms with Gasteiger partial charge in [-0.2, -0.15) is 0 Å². The van der Waals surface area contributed by atoms with Crippen LogP contribution >= 0.6 is 0 Å². The Morgan fingerprint density at radius 1 is 1.10 bits per heavy atom. The van der Waals surface area contributed by atoms with Gasteiger partial charge in [0, 0.05) is 11.4 Å². The summed E-state index contributed by atoms with van der Waals surface area (Å²) in [5.41, 5.74) is 11.7. The molecule has 0 aliphatic rings. The highest BCUT2D eigenvalue weighted by molar-refractivity contribution is 5.81. The number of aromatic nitrogens is 2. The molecule has 0 fully saturated rings. The molecule has 1 unspecified atom stereocenters. The number of hydrogen-bond acceptors (Lipinski definition) is 3. The number of nitrogen functional groups attached to an aromatic ring is 1. The van der Waals surface area contributed by atoms with Crippen molar-refractivity contribution in [1.29, 1.82) is 0 Å². The van der Waals surface area contributed by atoms with Gasteiger partial charge >= 0.3 is 0 Å². The number of benzene rings is 2. The van der Waals surface area contributed by atoms with Crippen LogP contribution in [-0.2, 0) is 0 Å². The van der Waals surface area contributed by atoms with Crippen molar-refractivity contribution in [3.05, 3.63) is 53.3 Å². The van der Waals surface area contributed by atoms with Crippen molar-refractivity contribution in [2.75, 3.05) is 5.73 Å². The molecule has 3 aromatic rings. The monoisotopic (exact) mass is 281 g/mol. The van der Waals surface area contributed by atoms with Gasteiger partial charge in [-0.15, -0.1) is 0 Å². The second-order valence-corrected chi connectivity index (χ2v) is 5.50. The Balaban J connectivity index is 2.33. The van der Waals surface area contributed by atoms with Gasteiger partial charge in [-0.1, -0.05) is 6.07 Å². The van der Waals surface area contributed by atoms with Crippen LogP contribution in [0.2, 0.25) is 0 Å². The van der Waals surface area contributed by atoms with E-state index in [0.29, 0.717) is 11.5 Å². The molecule has 1 atom stereocenters. The van der Waals surface area contributed by atoms with Crippen LogP contribution in [0, 0.1) is 13.8 Å². The molecule has 2 aromatic carbocycles. The molecule has 21 heavy (non-hydrogen) atoms. The molecule has 4 nitrogen and oxygen atoms in total. The fourth-order valence-corrected chi connectivity index (χ4v) is 2.53. The molecule has 0 bridgehead atoms. The molecule has 0 amide bonds. The largest absolute Gasteiger partial charge is 0.399 e. The first-order valence-electron chi connectivity index (χ1n) is 7.01. The Kier molecular flexibility index (Phi) is 3.18. The van der Waals surface area contributed by atoms with Crippen LogP contribution in [0.25, 0.3) is 16.7 Å². The van der Waals surface area contributed by atoms with E-state index < -0.39 is 6.10 Å². The van der Waals surface area contributed by atoms with Crippen molar-refractivity contribution < 1.29 is 5.11 Å². The average molecular weight is 281 g/mol. The van der Waals surface area contributed by atoms with Crippen LogP contribution in [0.5, 0.6) is 0 Å². The number of aryl methyl sites for hydroxylation is 2. The summed E-state index contributed by atoms with van der Waals surface area (Å²) in [6.07, 6.45) is -0.653. The number of nitrogens with two attached hydrogens (primary N) is 1. The zero-order valence-electron chi connectivity index (χ0n) is 12.5. The van der Waals surface area contributed by atoms with Gasteiger partial charge in [0.25, 0.3) is 0 Å². The lowest BCUT2D eigenvalue weighted by molar-refractivity contribution is 0.187. The van der Waals surface area contributed by atoms with Crippen LogP contribution in [0.3, 0.4) is 0 Å². The van der Waals surface area contributed by atoms with E-state index in [0.717, 1.165) is 16.7 Å². The summed E-state index contributed by atoms with van der Waals surface area (Å²) in [6, 6.07) is 11.9. The van der Waals surface area contributed by atoms with Gasteiger partial charge in [-0.05, 0) is 62.2 Å². The molecule has 108 valence electrons. The van der Waals surface area contributed by atoms with E-state index in [-0.39, 0.29) is 0 Å². The number of imidazole rings is 1. The number of aliphatic hydroxyl groups excluding tert-OH is 1. The highest BCUT2D eigenvalue weighted by Crippen LogP contribution is 2.27. The molecule has 3 rings (SSSR count). The van der Waals surface area contributed by atoms with Crippen LogP contribution < -0.4 is 5.73 Å². The van der Waals surface area contributed by atoms with Gasteiger partial charge < -0.3 is 10.8 Å². The van der Waals surface area contributed by atoms with Crippen LogP contribution in [-0.4, -0.2) is 14.7 Å². The molecule has 1 heterocycles. The smallest absolute Gasteiger partial charge is 0.143 e. The lowest BCUT2D eigenvalue weighted by Gasteiger charge is -2.12. The third kappa shape index (κ3) is 2.28. The zero-order valence-corrected chi connectivity index (χ0v) is 12.5. The van der Waals surface area contributed by atoms with Gasteiger partial charge in [0.1, 0.15) is 11.9 Å². The molecular weight excluding hydrogens is 262 g/mol. The number of nitrogens with zero attached hydrogens (tertiary/aromatic N) is 2. The first-order valence-corrected chi connectivity index (χ1v) is 7.01. The van der Waals surface area contributed by atoms with Crippen molar-refractivity contribution in [2.45, 2.75) is 26.9 Å². The van der Waals surface area contributed by atoms with E-state index in [2.05, 4.69) is 31.0 Å².